The van der Waals surface area contributed by atoms with Gasteiger partial charge in [0.15, 0.2) is 10.8 Å². The van der Waals surface area contributed by atoms with Gasteiger partial charge in [0.2, 0.25) is 0 Å². The van der Waals surface area contributed by atoms with Gasteiger partial charge >= 0.3 is 5.97 Å². The number of nitrogens with one attached hydrogen (secondary N) is 1. The minimum Gasteiger partial charge on any atom is -0.466 e. The Labute approximate surface area is 131 Å². The van der Waals surface area contributed by atoms with E-state index in [0.29, 0.717) is 21.3 Å². The molecule has 0 aliphatic rings. The molecule has 0 saturated heterocycles. The summed E-state index contributed by atoms with van der Waals surface area (Å²) in [6.07, 6.45) is 2.79. The molecule has 2 rings (SSSR count). The molecule has 116 valence electrons. The highest BCUT2D eigenvalue weighted by molar-refractivity contribution is 7.17. The average molecular weight is 320 g/mol. The first-order valence-corrected chi connectivity index (χ1v) is 7.40. The predicted molar refractivity (Wildman–Crippen MR) is 82.8 cm³/mol. The molecule has 1 N–H and O–H groups in total. The molecule has 22 heavy (non-hydrogen) atoms. The Morgan fingerprint density at radius 2 is 2.18 bits per heavy atom. The molecular weight excluding hydrogens is 304 g/mol. The minimum atomic E-state index is -0.460. The summed E-state index contributed by atoms with van der Waals surface area (Å²) < 4.78 is 9.97. The second-order valence-corrected chi connectivity index (χ2v) is 5.48. The van der Waals surface area contributed by atoms with Gasteiger partial charge in [0, 0.05) is 12.6 Å². The molecule has 0 radical (unpaired) electrons. The molecule has 0 unspecified atom stereocenters. The smallest absolute Gasteiger partial charge is 0.330 e. The number of carbonyl (C=O) groups is 2. The van der Waals surface area contributed by atoms with Crippen LogP contribution >= 0.6 is 11.3 Å². The molecule has 0 aliphatic heterocycles. The molecule has 0 fully saturated rings. The van der Waals surface area contributed by atoms with Crippen LogP contribution in [0.25, 0.3) is 10.8 Å². The maximum absolute atomic E-state index is 12.1. The van der Waals surface area contributed by atoms with E-state index in [1.807, 2.05) is 19.1 Å². The van der Waals surface area contributed by atoms with Crippen molar-refractivity contribution in [2.45, 2.75) is 13.8 Å². The average Bonchev–Trinajstić information content (AvgIpc) is 3.09. The Morgan fingerprint density at radius 3 is 2.82 bits per heavy atom. The highest BCUT2D eigenvalue weighted by atomic mass is 32.1. The largest absolute Gasteiger partial charge is 0.466 e. The fourth-order valence-corrected chi connectivity index (χ4v) is 2.66. The van der Waals surface area contributed by atoms with Crippen LogP contribution in [0.5, 0.6) is 0 Å². The van der Waals surface area contributed by atoms with E-state index in [4.69, 9.17) is 4.42 Å². The van der Waals surface area contributed by atoms with Crippen LogP contribution in [0.2, 0.25) is 0 Å². The van der Waals surface area contributed by atoms with Gasteiger partial charge in [-0.25, -0.2) is 9.78 Å². The Morgan fingerprint density at radius 1 is 1.41 bits per heavy atom. The Bertz CT molecular complexity index is 715. The summed E-state index contributed by atoms with van der Waals surface area (Å²) in [5.74, 6) is 0.745. The first-order chi connectivity index (χ1) is 10.5. The van der Waals surface area contributed by atoms with Crippen molar-refractivity contribution in [2.75, 3.05) is 13.7 Å². The molecule has 0 atom stereocenters. The Hall–Kier alpha value is -2.41. The molecule has 2 aromatic rings. The van der Waals surface area contributed by atoms with Gasteiger partial charge in [0.05, 0.1) is 12.8 Å². The number of hydrogen-bond acceptors (Lipinski definition) is 6. The van der Waals surface area contributed by atoms with Gasteiger partial charge in [-0.1, -0.05) is 6.08 Å². The topological polar surface area (TPSA) is 81.4 Å². The molecule has 1 amide bonds. The van der Waals surface area contributed by atoms with Crippen molar-refractivity contribution in [3.05, 3.63) is 40.6 Å². The zero-order chi connectivity index (χ0) is 16.1. The number of nitrogens with zero attached hydrogens (tertiary/aromatic N) is 1. The van der Waals surface area contributed by atoms with Crippen LogP contribution in [-0.2, 0) is 9.53 Å². The number of carbonyl (C=O) groups excluding carboxylic acids is 2. The third-order valence-corrected chi connectivity index (χ3v) is 3.96. The van der Waals surface area contributed by atoms with Gasteiger partial charge in [-0.3, -0.25) is 4.79 Å². The monoisotopic (exact) mass is 320 g/mol. The van der Waals surface area contributed by atoms with E-state index in [9.17, 15) is 9.59 Å². The van der Waals surface area contributed by atoms with Crippen molar-refractivity contribution < 1.29 is 18.7 Å². The van der Waals surface area contributed by atoms with Crippen LogP contribution in [-0.4, -0.2) is 30.5 Å². The van der Waals surface area contributed by atoms with Gasteiger partial charge in [-0.2, -0.15) is 0 Å². The summed E-state index contributed by atoms with van der Waals surface area (Å²) in [5, 5.41) is 3.36. The highest BCUT2D eigenvalue weighted by Gasteiger charge is 2.17. The van der Waals surface area contributed by atoms with E-state index in [-0.39, 0.29) is 12.5 Å². The summed E-state index contributed by atoms with van der Waals surface area (Å²) in [7, 11) is 1.30. The van der Waals surface area contributed by atoms with Gasteiger partial charge < -0.3 is 14.5 Å². The number of hydrogen-bond donors (Lipinski definition) is 1. The van der Waals surface area contributed by atoms with Gasteiger partial charge in [0.25, 0.3) is 5.91 Å². The number of rotatable bonds is 5. The molecule has 2 heterocycles. The molecule has 2 aromatic heterocycles. The number of aromatic nitrogens is 1. The fraction of sp³-hybridized carbons (Fsp3) is 0.267. The van der Waals surface area contributed by atoms with Crippen LogP contribution in [0.15, 0.2) is 28.7 Å². The van der Waals surface area contributed by atoms with Crippen LogP contribution in [0, 0.1) is 13.8 Å². The molecule has 7 heteroatoms. The lowest BCUT2D eigenvalue weighted by molar-refractivity contribution is -0.134. The SMILES string of the molecule is COC(=O)/C=C/CNC(=O)c1sc(-c2ccc(C)o2)nc1C. The van der Waals surface area contributed by atoms with Crippen molar-refractivity contribution in [1.29, 1.82) is 0 Å². The normalized spacial score (nSPS) is 10.9. The van der Waals surface area contributed by atoms with Gasteiger partial charge in [-0.15, -0.1) is 11.3 Å². The Kier molecular flexibility index (Phi) is 5.11. The number of amides is 1. The number of ether oxygens (including phenoxy) is 1. The highest BCUT2D eigenvalue weighted by Crippen LogP contribution is 2.29. The lowest BCUT2D eigenvalue weighted by Crippen LogP contribution is -2.23. The second-order valence-electron chi connectivity index (χ2n) is 4.48. The molecule has 0 aliphatic carbocycles. The third-order valence-electron chi connectivity index (χ3n) is 2.79. The third kappa shape index (κ3) is 3.82. The first kappa shape index (κ1) is 16.0. The number of aryl methyl sites for hydroxylation is 2. The molecule has 0 bridgehead atoms. The predicted octanol–water partition coefficient (Wildman–Crippen LogP) is 2.48. The minimum absolute atomic E-state index is 0.237. The zero-order valence-electron chi connectivity index (χ0n) is 12.5. The number of thiazole rings is 1. The van der Waals surface area contributed by atoms with E-state index in [2.05, 4.69) is 15.0 Å². The standard InChI is InChI=1S/C15H16N2O4S/c1-9-6-7-11(21-9)15-17-10(2)13(22-15)14(19)16-8-4-5-12(18)20-3/h4-7H,8H2,1-3H3,(H,16,19)/b5-4+. The van der Waals surface area contributed by atoms with Crippen molar-refractivity contribution in [2.24, 2.45) is 0 Å². The van der Waals surface area contributed by atoms with Crippen molar-refractivity contribution in [3.63, 3.8) is 0 Å². The van der Waals surface area contributed by atoms with E-state index in [0.717, 1.165) is 5.76 Å². The maximum Gasteiger partial charge on any atom is 0.330 e. The van der Waals surface area contributed by atoms with Crippen LogP contribution in [0.4, 0.5) is 0 Å². The first-order valence-electron chi connectivity index (χ1n) is 6.58. The lowest BCUT2D eigenvalue weighted by atomic mass is 10.3. The van der Waals surface area contributed by atoms with Gasteiger partial charge in [-0.05, 0) is 26.0 Å². The molecule has 0 spiro atoms. The van der Waals surface area contributed by atoms with Crippen molar-refractivity contribution in [1.82, 2.24) is 10.3 Å². The van der Waals surface area contributed by atoms with Crippen LogP contribution in [0.1, 0.15) is 21.1 Å². The molecule has 6 nitrogen and oxygen atoms in total. The van der Waals surface area contributed by atoms with E-state index in [1.54, 1.807) is 6.92 Å². The lowest BCUT2D eigenvalue weighted by Gasteiger charge is -1.99. The summed E-state index contributed by atoms with van der Waals surface area (Å²) in [4.78, 5) is 27.9. The summed E-state index contributed by atoms with van der Waals surface area (Å²) >= 11 is 1.27. The Balaban J connectivity index is 2.03. The summed E-state index contributed by atoms with van der Waals surface area (Å²) in [5.41, 5.74) is 0.642. The molecular formula is C15H16N2O4S. The number of methoxy groups -OCH3 is 1. The quantitative estimate of drug-likeness (QED) is 0.676. The zero-order valence-corrected chi connectivity index (χ0v) is 13.3. The fourth-order valence-electron chi connectivity index (χ4n) is 1.72. The maximum atomic E-state index is 12.1. The second kappa shape index (κ2) is 7.04. The van der Waals surface area contributed by atoms with Crippen LogP contribution in [0.3, 0.4) is 0 Å². The number of esters is 1. The number of furan rings is 1. The van der Waals surface area contributed by atoms with Crippen molar-refractivity contribution in [3.8, 4) is 10.8 Å². The van der Waals surface area contributed by atoms with E-state index >= 15 is 0 Å². The van der Waals surface area contributed by atoms with Crippen LogP contribution < -0.4 is 5.32 Å². The van der Waals surface area contributed by atoms with E-state index in [1.165, 1.54) is 30.6 Å². The molecule has 0 aromatic carbocycles. The van der Waals surface area contributed by atoms with Gasteiger partial charge in [0.1, 0.15) is 10.6 Å². The summed E-state index contributed by atoms with van der Waals surface area (Å²) in [6.45, 7) is 3.86. The molecule has 0 saturated carbocycles. The van der Waals surface area contributed by atoms with E-state index < -0.39 is 5.97 Å². The van der Waals surface area contributed by atoms with Crippen molar-refractivity contribution >= 4 is 23.2 Å². The summed E-state index contributed by atoms with van der Waals surface area (Å²) in [6, 6.07) is 3.68.